The Bertz CT molecular complexity index is 492. The van der Waals surface area contributed by atoms with Crippen molar-refractivity contribution in [3.8, 4) is 0 Å². The summed E-state index contributed by atoms with van der Waals surface area (Å²) in [5, 5.41) is 2.99. The molecule has 1 aliphatic rings. The zero-order chi connectivity index (χ0) is 14.7. The molecule has 0 spiro atoms. The average molecular weight is 340 g/mol. The monoisotopic (exact) mass is 339 g/mol. The smallest absolute Gasteiger partial charge is 0.238 e. The van der Waals surface area contributed by atoms with E-state index in [-0.39, 0.29) is 5.91 Å². The van der Waals surface area contributed by atoms with Gasteiger partial charge in [0.05, 0.1) is 6.54 Å². The third-order valence-electron chi connectivity index (χ3n) is 3.93. The number of nitrogens with two attached hydrogens (primary N) is 1. The predicted molar refractivity (Wildman–Crippen MR) is 85.7 cm³/mol. The minimum absolute atomic E-state index is 0.0416. The molecular weight excluding hydrogens is 318 g/mol. The van der Waals surface area contributed by atoms with Crippen molar-refractivity contribution in [2.45, 2.75) is 26.3 Å². The van der Waals surface area contributed by atoms with Gasteiger partial charge >= 0.3 is 0 Å². The van der Waals surface area contributed by atoms with Crippen LogP contribution in [0.2, 0.25) is 0 Å². The van der Waals surface area contributed by atoms with Gasteiger partial charge in [0.1, 0.15) is 0 Å². The molecule has 4 nitrogen and oxygen atoms in total. The third kappa shape index (κ3) is 3.81. The summed E-state index contributed by atoms with van der Waals surface area (Å²) < 4.78 is 1.02. The van der Waals surface area contributed by atoms with Crippen molar-refractivity contribution in [2.75, 3.05) is 25.0 Å². The summed E-state index contributed by atoms with van der Waals surface area (Å²) >= 11 is 3.42. The van der Waals surface area contributed by atoms with Crippen molar-refractivity contribution in [3.05, 3.63) is 28.2 Å². The molecular formula is C15H22BrN3O. The zero-order valence-corrected chi connectivity index (χ0v) is 13.6. The number of benzene rings is 1. The van der Waals surface area contributed by atoms with Gasteiger partial charge in [0.15, 0.2) is 0 Å². The van der Waals surface area contributed by atoms with Gasteiger partial charge in [-0.15, -0.1) is 0 Å². The van der Waals surface area contributed by atoms with Crippen molar-refractivity contribution < 1.29 is 4.79 Å². The topological polar surface area (TPSA) is 58.4 Å². The van der Waals surface area contributed by atoms with Crippen LogP contribution in [0.15, 0.2) is 22.7 Å². The molecule has 1 amide bonds. The molecule has 1 heterocycles. The first-order valence-electron chi connectivity index (χ1n) is 6.99. The Kier molecular flexibility index (Phi) is 5.18. The second-order valence-electron chi connectivity index (χ2n) is 5.62. The van der Waals surface area contributed by atoms with Gasteiger partial charge in [-0.25, -0.2) is 0 Å². The van der Waals surface area contributed by atoms with E-state index in [0.29, 0.717) is 25.0 Å². The minimum Gasteiger partial charge on any atom is -0.330 e. The molecule has 0 radical (unpaired) electrons. The molecule has 1 aromatic carbocycles. The Hall–Kier alpha value is -0.910. The van der Waals surface area contributed by atoms with Crippen LogP contribution in [0.4, 0.5) is 5.69 Å². The van der Waals surface area contributed by atoms with E-state index in [1.807, 2.05) is 25.1 Å². The summed E-state index contributed by atoms with van der Waals surface area (Å²) in [6.45, 7) is 6.21. The van der Waals surface area contributed by atoms with Crippen LogP contribution in [0.25, 0.3) is 0 Å². The molecule has 1 fully saturated rings. The number of hydrogen-bond donors (Lipinski definition) is 2. The lowest BCUT2D eigenvalue weighted by atomic mass is 10.1. The molecule has 2 rings (SSSR count). The molecule has 0 aliphatic carbocycles. The Balaban J connectivity index is 1.92. The minimum atomic E-state index is 0.0416. The Morgan fingerprint density at radius 1 is 1.55 bits per heavy atom. The van der Waals surface area contributed by atoms with E-state index < -0.39 is 0 Å². The van der Waals surface area contributed by atoms with Crippen molar-refractivity contribution in [1.29, 1.82) is 0 Å². The number of hydrogen-bond acceptors (Lipinski definition) is 3. The quantitative estimate of drug-likeness (QED) is 0.885. The van der Waals surface area contributed by atoms with Crippen LogP contribution < -0.4 is 11.1 Å². The lowest BCUT2D eigenvalue weighted by Crippen LogP contribution is -2.36. The summed E-state index contributed by atoms with van der Waals surface area (Å²) in [6, 6.07) is 6.29. The van der Waals surface area contributed by atoms with Gasteiger partial charge in [0.25, 0.3) is 0 Å². The molecule has 0 aromatic heterocycles. The van der Waals surface area contributed by atoms with E-state index in [4.69, 9.17) is 5.73 Å². The van der Waals surface area contributed by atoms with Crippen LogP contribution in [0, 0.1) is 12.8 Å². The van der Waals surface area contributed by atoms with Gasteiger partial charge < -0.3 is 11.1 Å². The number of nitrogens with zero attached hydrogens (tertiary/aromatic N) is 1. The lowest BCUT2D eigenvalue weighted by molar-refractivity contribution is -0.117. The molecule has 0 saturated carbocycles. The summed E-state index contributed by atoms with van der Waals surface area (Å²) in [7, 11) is 0. The number of halogens is 1. The Morgan fingerprint density at radius 2 is 2.30 bits per heavy atom. The summed E-state index contributed by atoms with van der Waals surface area (Å²) in [4.78, 5) is 14.4. The fraction of sp³-hybridized carbons (Fsp3) is 0.533. The molecule has 5 heteroatoms. The highest BCUT2D eigenvalue weighted by Crippen LogP contribution is 2.23. The van der Waals surface area contributed by atoms with Crippen molar-refractivity contribution in [1.82, 2.24) is 4.90 Å². The van der Waals surface area contributed by atoms with Crippen LogP contribution in [0.3, 0.4) is 0 Å². The van der Waals surface area contributed by atoms with Crippen molar-refractivity contribution in [2.24, 2.45) is 11.7 Å². The van der Waals surface area contributed by atoms with Gasteiger partial charge in [-0.3, -0.25) is 9.69 Å². The van der Waals surface area contributed by atoms with E-state index in [1.165, 1.54) is 0 Å². The molecule has 3 N–H and O–H groups in total. The Labute approximate surface area is 128 Å². The van der Waals surface area contributed by atoms with Gasteiger partial charge in [-0.1, -0.05) is 15.9 Å². The van der Waals surface area contributed by atoms with Gasteiger partial charge in [-0.05, 0) is 56.5 Å². The molecule has 1 saturated heterocycles. The first-order valence-corrected chi connectivity index (χ1v) is 7.79. The number of carbonyl (C=O) groups excluding carboxylic acids is 1. The van der Waals surface area contributed by atoms with Gasteiger partial charge in [-0.2, -0.15) is 0 Å². The second-order valence-corrected chi connectivity index (χ2v) is 6.54. The number of anilines is 1. The van der Waals surface area contributed by atoms with Crippen LogP contribution in [0.5, 0.6) is 0 Å². The fourth-order valence-electron chi connectivity index (χ4n) is 2.75. The predicted octanol–water partition coefficient (Wildman–Crippen LogP) is 2.37. The number of likely N-dealkylation sites (tertiary alicyclic amines) is 1. The third-order valence-corrected chi connectivity index (χ3v) is 4.43. The summed E-state index contributed by atoms with van der Waals surface area (Å²) in [6.07, 6.45) is 1.08. The highest BCUT2D eigenvalue weighted by molar-refractivity contribution is 9.10. The number of carbonyl (C=O) groups is 1. The van der Waals surface area contributed by atoms with Crippen LogP contribution in [-0.2, 0) is 4.79 Å². The number of amides is 1. The lowest BCUT2D eigenvalue weighted by Gasteiger charge is -2.20. The largest absolute Gasteiger partial charge is 0.330 e. The molecule has 2 atom stereocenters. The molecule has 20 heavy (non-hydrogen) atoms. The molecule has 1 aromatic rings. The van der Waals surface area contributed by atoms with E-state index in [0.717, 1.165) is 28.7 Å². The van der Waals surface area contributed by atoms with Crippen molar-refractivity contribution in [3.63, 3.8) is 0 Å². The van der Waals surface area contributed by atoms with E-state index in [2.05, 4.69) is 33.1 Å². The highest BCUT2D eigenvalue weighted by atomic mass is 79.9. The first kappa shape index (κ1) is 15.5. The second kappa shape index (κ2) is 6.70. The Morgan fingerprint density at radius 3 is 2.90 bits per heavy atom. The average Bonchev–Trinajstić information content (AvgIpc) is 2.74. The number of rotatable bonds is 4. The summed E-state index contributed by atoms with van der Waals surface area (Å²) in [5.74, 6) is 0.562. The normalized spacial score (nSPS) is 23.0. The van der Waals surface area contributed by atoms with Crippen LogP contribution >= 0.6 is 15.9 Å². The van der Waals surface area contributed by atoms with E-state index in [9.17, 15) is 4.79 Å². The van der Waals surface area contributed by atoms with Crippen molar-refractivity contribution >= 4 is 27.5 Å². The van der Waals surface area contributed by atoms with Crippen LogP contribution in [-0.4, -0.2) is 36.5 Å². The van der Waals surface area contributed by atoms with E-state index in [1.54, 1.807) is 0 Å². The molecule has 0 bridgehead atoms. The standard InChI is InChI=1S/C15H22BrN3O/c1-10-5-13(16)3-4-14(10)18-15(20)9-19-8-12(7-17)6-11(19)2/h3-5,11-12H,6-9,17H2,1-2H3,(H,18,20). The fourth-order valence-corrected chi connectivity index (χ4v) is 3.23. The van der Waals surface area contributed by atoms with Gasteiger partial charge in [0.2, 0.25) is 5.91 Å². The molecule has 1 aliphatic heterocycles. The molecule has 2 unspecified atom stereocenters. The maximum atomic E-state index is 12.2. The zero-order valence-electron chi connectivity index (χ0n) is 12.0. The SMILES string of the molecule is Cc1cc(Br)ccc1NC(=O)CN1CC(CN)CC1C. The number of aryl methyl sites for hydroxylation is 1. The van der Waals surface area contributed by atoms with Gasteiger partial charge in [0, 0.05) is 22.7 Å². The maximum Gasteiger partial charge on any atom is 0.238 e. The highest BCUT2D eigenvalue weighted by Gasteiger charge is 2.29. The first-order chi connectivity index (χ1) is 9.49. The van der Waals surface area contributed by atoms with E-state index >= 15 is 0 Å². The number of nitrogens with one attached hydrogen (secondary N) is 1. The summed E-state index contributed by atoms with van der Waals surface area (Å²) in [5.41, 5.74) is 7.65. The molecule has 110 valence electrons. The van der Waals surface area contributed by atoms with Crippen LogP contribution in [0.1, 0.15) is 18.9 Å². The maximum absolute atomic E-state index is 12.2.